The average molecular weight is 365 g/mol. The van der Waals surface area contributed by atoms with Crippen molar-refractivity contribution in [3.63, 3.8) is 0 Å². The Morgan fingerprint density at radius 3 is 2.56 bits per heavy atom. The van der Waals surface area contributed by atoms with Crippen LogP contribution < -0.4 is 4.74 Å². The molecule has 2 aliphatic heterocycles. The van der Waals surface area contributed by atoms with Crippen LogP contribution >= 0.6 is 0 Å². The number of carbonyl (C=O) groups is 1. The van der Waals surface area contributed by atoms with Crippen LogP contribution in [0.1, 0.15) is 53.2 Å². The molecule has 0 aliphatic carbocycles. The van der Waals surface area contributed by atoms with Crippen LogP contribution in [0.25, 0.3) is 0 Å². The predicted molar refractivity (Wildman–Crippen MR) is 105 cm³/mol. The van der Waals surface area contributed by atoms with Gasteiger partial charge < -0.3 is 14.4 Å². The second-order valence-electron chi connectivity index (χ2n) is 7.54. The first-order chi connectivity index (χ1) is 13.2. The van der Waals surface area contributed by atoms with Crippen molar-refractivity contribution in [2.75, 3.05) is 19.8 Å². The summed E-state index contributed by atoms with van der Waals surface area (Å²) in [5, 5.41) is 0. The van der Waals surface area contributed by atoms with Crippen molar-refractivity contribution in [1.29, 1.82) is 0 Å². The minimum Gasteiger partial charge on any atom is -0.491 e. The summed E-state index contributed by atoms with van der Waals surface area (Å²) >= 11 is 0. The lowest BCUT2D eigenvalue weighted by Gasteiger charge is -2.25. The SMILES string of the molecule is Cc1ccc(C2CCCN2C(=O)c2ccc(OCC3CCCO3)cc2)cc1. The fourth-order valence-electron chi connectivity index (χ4n) is 3.97. The van der Waals surface area contributed by atoms with E-state index < -0.39 is 0 Å². The standard InChI is InChI=1S/C23H27NO3/c1-17-6-8-18(9-7-17)22-5-2-14-24(22)23(25)19-10-12-20(13-11-19)27-16-21-4-3-15-26-21/h6-13,21-22H,2-5,14-16H2,1H3. The first kappa shape index (κ1) is 18.1. The first-order valence-corrected chi connectivity index (χ1v) is 9.93. The van der Waals surface area contributed by atoms with Crippen LogP contribution in [0.4, 0.5) is 0 Å². The van der Waals surface area contributed by atoms with Crippen LogP contribution in [-0.4, -0.2) is 36.7 Å². The summed E-state index contributed by atoms with van der Waals surface area (Å²) < 4.78 is 11.4. The molecule has 4 rings (SSSR count). The van der Waals surface area contributed by atoms with Gasteiger partial charge in [-0.05, 0) is 62.4 Å². The molecule has 2 saturated heterocycles. The van der Waals surface area contributed by atoms with Gasteiger partial charge in [-0.2, -0.15) is 0 Å². The summed E-state index contributed by atoms with van der Waals surface area (Å²) in [7, 11) is 0. The van der Waals surface area contributed by atoms with Crippen LogP contribution in [0.2, 0.25) is 0 Å². The number of rotatable bonds is 5. The Labute approximate surface area is 161 Å². The molecule has 2 aromatic rings. The lowest BCUT2D eigenvalue weighted by molar-refractivity contribution is 0.0678. The van der Waals surface area contributed by atoms with Crippen LogP contribution in [-0.2, 0) is 4.74 Å². The van der Waals surface area contributed by atoms with E-state index in [4.69, 9.17) is 9.47 Å². The molecular formula is C23H27NO3. The fraction of sp³-hybridized carbons (Fsp3) is 0.435. The molecule has 2 heterocycles. The molecule has 2 fully saturated rings. The second kappa shape index (κ2) is 8.13. The highest BCUT2D eigenvalue weighted by Gasteiger charge is 2.30. The highest BCUT2D eigenvalue weighted by molar-refractivity contribution is 5.94. The third-order valence-electron chi connectivity index (χ3n) is 5.54. The Bertz CT molecular complexity index is 763. The molecule has 27 heavy (non-hydrogen) atoms. The Balaban J connectivity index is 1.41. The van der Waals surface area contributed by atoms with Gasteiger partial charge in [0.15, 0.2) is 0 Å². The van der Waals surface area contributed by atoms with Gasteiger partial charge in [0.05, 0.1) is 12.1 Å². The van der Waals surface area contributed by atoms with Gasteiger partial charge in [-0.1, -0.05) is 29.8 Å². The molecule has 0 N–H and O–H groups in total. The van der Waals surface area contributed by atoms with Crippen molar-refractivity contribution in [1.82, 2.24) is 4.90 Å². The number of ether oxygens (including phenoxy) is 2. The van der Waals surface area contributed by atoms with Gasteiger partial charge in [-0.3, -0.25) is 4.79 Å². The van der Waals surface area contributed by atoms with E-state index >= 15 is 0 Å². The summed E-state index contributed by atoms with van der Waals surface area (Å²) in [6, 6.07) is 16.2. The van der Waals surface area contributed by atoms with Gasteiger partial charge in [0.2, 0.25) is 0 Å². The highest BCUT2D eigenvalue weighted by Crippen LogP contribution is 2.33. The van der Waals surface area contributed by atoms with Crippen LogP contribution in [0.15, 0.2) is 48.5 Å². The monoisotopic (exact) mass is 365 g/mol. The molecule has 0 saturated carbocycles. The van der Waals surface area contributed by atoms with Crippen molar-refractivity contribution in [2.24, 2.45) is 0 Å². The molecule has 2 aromatic carbocycles. The minimum atomic E-state index is 0.101. The number of aryl methyl sites for hydroxylation is 1. The topological polar surface area (TPSA) is 38.8 Å². The van der Waals surface area contributed by atoms with Gasteiger partial charge in [0.1, 0.15) is 12.4 Å². The van der Waals surface area contributed by atoms with Crippen molar-refractivity contribution in [2.45, 2.75) is 44.8 Å². The molecule has 4 heteroatoms. The molecule has 4 nitrogen and oxygen atoms in total. The maximum atomic E-state index is 13.0. The third kappa shape index (κ3) is 4.16. The smallest absolute Gasteiger partial charge is 0.254 e. The molecule has 2 aliphatic rings. The minimum absolute atomic E-state index is 0.101. The third-order valence-corrected chi connectivity index (χ3v) is 5.54. The van der Waals surface area contributed by atoms with Crippen molar-refractivity contribution in [3.05, 3.63) is 65.2 Å². The van der Waals surface area contributed by atoms with Gasteiger partial charge in [-0.15, -0.1) is 0 Å². The maximum absolute atomic E-state index is 13.0. The summed E-state index contributed by atoms with van der Waals surface area (Å²) in [5.41, 5.74) is 3.19. The second-order valence-corrected chi connectivity index (χ2v) is 7.54. The average Bonchev–Trinajstić information content (AvgIpc) is 3.39. The zero-order valence-corrected chi connectivity index (χ0v) is 15.9. The van der Waals surface area contributed by atoms with E-state index in [1.165, 1.54) is 11.1 Å². The van der Waals surface area contributed by atoms with Crippen LogP contribution in [0.5, 0.6) is 5.75 Å². The Morgan fingerprint density at radius 1 is 1.07 bits per heavy atom. The number of likely N-dealkylation sites (tertiary alicyclic amines) is 1. The summed E-state index contributed by atoms with van der Waals surface area (Å²) in [6.45, 7) is 4.31. The number of amides is 1. The maximum Gasteiger partial charge on any atom is 0.254 e. The molecule has 0 aromatic heterocycles. The van der Waals surface area contributed by atoms with Crippen molar-refractivity contribution in [3.8, 4) is 5.75 Å². The largest absolute Gasteiger partial charge is 0.491 e. The normalized spacial score (nSPS) is 22.2. The summed E-state index contributed by atoms with van der Waals surface area (Å²) in [4.78, 5) is 15.0. The van der Waals surface area contributed by atoms with E-state index in [9.17, 15) is 4.79 Å². The van der Waals surface area contributed by atoms with Gasteiger partial charge in [0, 0.05) is 18.7 Å². The molecular weight excluding hydrogens is 338 g/mol. The zero-order chi connectivity index (χ0) is 18.6. The molecule has 0 spiro atoms. The zero-order valence-electron chi connectivity index (χ0n) is 15.9. The van der Waals surface area contributed by atoms with Gasteiger partial charge in [-0.25, -0.2) is 0 Å². The van der Waals surface area contributed by atoms with Crippen LogP contribution in [0.3, 0.4) is 0 Å². The number of hydrogen-bond acceptors (Lipinski definition) is 3. The van der Waals surface area contributed by atoms with E-state index in [1.807, 2.05) is 29.2 Å². The first-order valence-electron chi connectivity index (χ1n) is 9.93. The molecule has 2 atom stereocenters. The van der Waals surface area contributed by atoms with E-state index in [1.54, 1.807) is 0 Å². The Morgan fingerprint density at radius 2 is 1.85 bits per heavy atom. The molecule has 142 valence electrons. The van der Waals surface area contributed by atoms with E-state index in [-0.39, 0.29) is 18.1 Å². The Hall–Kier alpha value is -2.33. The molecule has 1 amide bonds. The highest BCUT2D eigenvalue weighted by atomic mass is 16.5. The quantitative estimate of drug-likeness (QED) is 0.781. The lowest BCUT2D eigenvalue weighted by atomic mass is 10.0. The van der Waals surface area contributed by atoms with Crippen molar-refractivity contribution >= 4 is 5.91 Å². The number of carbonyl (C=O) groups excluding carboxylic acids is 1. The lowest BCUT2D eigenvalue weighted by Crippen LogP contribution is -2.30. The van der Waals surface area contributed by atoms with E-state index in [0.717, 1.165) is 50.1 Å². The molecule has 2 unspecified atom stereocenters. The number of nitrogens with zero attached hydrogens (tertiary/aromatic N) is 1. The van der Waals surface area contributed by atoms with Crippen molar-refractivity contribution < 1.29 is 14.3 Å². The fourth-order valence-corrected chi connectivity index (χ4v) is 3.97. The van der Waals surface area contributed by atoms with E-state index in [2.05, 4.69) is 31.2 Å². The van der Waals surface area contributed by atoms with Gasteiger partial charge in [0.25, 0.3) is 5.91 Å². The summed E-state index contributed by atoms with van der Waals surface area (Å²) in [6.07, 6.45) is 4.45. The predicted octanol–water partition coefficient (Wildman–Crippen LogP) is 4.53. The van der Waals surface area contributed by atoms with Gasteiger partial charge >= 0.3 is 0 Å². The number of hydrogen-bond donors (Lipinski definition) is 0. The van der Waals surface area contributed by atoms with Crippen LogP contribution in [0, 0.1) is 6.92 Å². The van der Waals surface area contributed by atoms with E-state index in [0.29, 0.717) is 6.61 Å². The number of benzene rings is 2. The molecule has 0 radical (unpaired) electrons. The molecule has 0 bridgehead atoms. The Kier molecular flexibility index (Phi) is 5.44. The summed E-state index contributed by atoms with van der Waals surface area (Å²) in [5.74, 6) is 0.891.